The van der Waals surface area contributed by atoms with Crippen molar-refractivity contribution in [1.82, 2.24) is 15.0 Å². The van der Waals surface area contributed by atoms with Crippen LogP contribution in [0.1, 0.15) is 13.8 Å². The molecular weight excluding hydrogens is 200 g/mol. The number of hydrogen-bond donors (Lipinski definition) is 4. The molecule has 1 aromatic heterocycles. The number of carbonyl (C=O) groups is 1. The normalized spacial score (nSPS) is 9.27. The molecule has 0 unspecified atom stereocenters. The predicted octanol–water partition coefficient (Wildman–Crippen LogP) is -0.655. The highest BCUT2D eigenvalue weighted by Gasteiger charge is 1.99. The maximum Gasteiger partial charge on any atom is 0.305 e. The average Bonchev–Trinajstić information content (AvgIpc) is 2.01. The number of rotatable bonds is 1. The predicted molar refractivity (Wildman–Crippen MR) is 55.5 cm³/mol. The fourth-order valence-corrected chi connectivity index (χ4v) is 0.427. The average molecular weight is 214 g/mol. The first kappa shape index (κ1) is 12.9. The van der Waals surface area contributed by atoms with Crippen LogP contribution in [0.5, 0.6) is 0 Å². The summed E-state index contributed by atoms with van der Waals surface area (Å²) in [4.78, 5) is 20.2. The second kappa shape index (κ2) is 5.58. The summed E-state index contributed by atoms with van der Waals surface area (Å²) in [6.45, 7) is 3.28. The highest BCUT2D eigenvalue weighted by atomic mass is 16.4. The summed E-state index contributed by atoms with van der Waals surface area (Å²) in [6, 6.07) is 0. The van der Waals surface area contributed by atoms with Crippen molar-refractivity contribution < 1.29 is 9.90 Å². The van der Waals surface area contributed by atoms with Gasteiger partial charge in [-0.1, -0.05) is 13.8 Å². The largest absolute Gasteiger partial charge is 0.481 e. The molecule has 1 rings (SSSR count). The van der Waals surface area contributed by atoms with Crippen molar-refractivity contribution in [2.75, 3.05) is 17.2 Å². The summed E-state index contributed by atoms with van der Waals surface area (Å²) in [5, 5.41) is 7.99. The number of carboxylic acids is 1. The van der Waals surface area contributed by atoms with Crippen LogP contribution >= 0.6 is 0 Å². The Morgan fingerprint density at radius 2 is 1.27 bits per heavy atom. The number of aliphatic carboxylic acids is 1. The van der Waals surface area contributed by atoms with Gasteiger partial charge in [0.1, 0.15) is 0 Å². The molecular formula is C7H14N6O2. The molecule has 0 aromatic carbocycles. The Labute approximate surface area is 86.5 Å². The van der Waals surface area contributed by atoms with Crippen molar-refractivity contribution in [2.45, 2.75) is 13.8 Å². The molecule has 0 saturated carbocycles. The van der Waals surface area contributed by atoms with Gasteiger partial charge >= 0.3 is 5.97 Å². The van der Waals surface area contributed by atoms with E-state index in [2.05, 4.69) is 15.0 Å². The molecule has 0 spiro atoms. The van der Waals surface area contributed by atoms with Crippen LogP contribution in [0.25, 0.3) is 0 Å². The lowest BCUT2D eigenvalue weighted by atomic mass is 10.2. The Morgan fingerprint density at radius 1 is 1.07 bits per heavy atom. The highest BCUT2D eigenvalue weighted by Crippen LogP contribution is 1.97. The number of aromatic nitrogens is 3. The van der Waals surface area contributed by atoms with E-state index in [9.17, 15) is 4.79 Å². The zero-order valence-corrected chi connectivity index (χ0v) is 8.51. The van der Waals surface area contributed by atoms with Gasteiger partial charge in [0.25, 0.3) is 0 Å². The standard InChI is InChI=1S/C4H8O2.C3H6N6/c1-3(2)4(5)6;4-1-7-2(5)9-3(6)8-1/h3H,1-2H3,(H,5,6);(H6,4,5,6,7,8,9). The maximum atomic E-state index is 9.70. The quantitative estimate of drug-likeness (QED) is 0.480. The number of anilines is 3. The first-order valence-electron chi connectivity index (χ1n) is 4.08. The van der Waals surface area contributed by atoms with Crippen molar-refractivity contribution in [1.29, 1.82) is 0 Å². The third-order valence-corrected chi connectivity index (χ3v) is 1.18. The van der Waals surface area contributed by atoms with E-state index in [4.69, 9.17) is 22.3 Å². The molecule has 0 atom stereocenters. The zero-order chi connectivity index (χ0) is 12.0. The Kier molecular flexibility index (Phi) is 4.79. The number of nitrogens with zero attached hydrogens (tertiary/aromatic N) is 3. The van der Waals surface area contributed by atoms with Gasteiger partial charge in [-0.2, -0.15) is 15.0 Å². The molecule has 0 aliphatic rings. The van der Waals surface area contributed by atoms with Gasteiger partial charge in [-0.05, 0) is 0 Å². The Bertz CT molecular complexity index is 290. The van der Waals surface area contributed by atoms with E-state index in [-0.39, 0.29) is 23.8 Å². The maximum absolute atomic E-state index is 9.70. The number of nitrogen functional groups attached to an aromatic ring is 3. The van der Waals surface area contributed by atoms with Gasteiger partial charge in [0.2, 0.25) is 17.8 Å². The van der Waals surface area contributed by atoms with Crippen LogP contribution in [-0.4, -0.2) is 26.0 Å². The molecule has 84 valence electrons. The summed E-state index contributed by atoms with van der Waals surface area (Å²) in [5.74, 6) is -0.847. The summed E-state index contributed by atoms with van der Waals surface area (Å²) in [5.41, 5.74) is 15.4. The Hall–Kier alpha value is -2.12. The number of hydrogen-bond acceptors (Lipinski definition) is 7. The van der Waals surface area contributed by atoms with E-state index in [0.29, 0.717) is 0 Å². The van der Waals surface area contributed by atoms with E-state index in [0.717, 1.165) is 0 Å². The van der Waals surface area contributed by atoms with E-state index in [1.54, 1.807) is 13.8 Å². The van der Waals surface area contributed by atoms with E-state index in [1.165, 1.54) is 0 Å². The van der Waals surface area contributed by atoms with Gasteiger partial charge in [-0.15, -0.1) is 0 Å². The fourth-order valence-electron chi connectivity index (χ4n) is 0.427. The van der Waals surface area contributed by atoms with Crippen LogP contribution in [0.15, 0.2) is 0 Å². The lowest BCUT2D eigenvalue weighted by molar-refractivity contribution is -0.140. The van der Waals surface area contributed by atoms with Crippen LogP contribution in [0.2, 0.25) is 0 Å². The second-order valence-corrected chi connectivity index (χ2v) is 2.90. The molecule has 0 bridgehead atoms. The monoisotopic (exact) mass is 214 g/mol. The van der Waals surface area contributed by atoms with Crippen LogP contribution in [0.4, 0.5) is 17.8 Å². The molecule has 15 heavy (non-hydrogen) atoms. The van der Waals surface area contributed by atoms with Crippen LogP contribution in [0.3, 0.4) is 0 Å². The van der Waals surface area contributed by atoms with E-state index < -0.39 is 5.97 Å². The minimum absolute atomic E-state index is 0.0417. The van der Waals surface area contributed by atoms with Crippen molar-refractivity contribution in [3.8, 4) is 0 Å². The minimum Gasteiger partial charge on any atom is -0.481 e. The number of nitrogens with two attached hydrogens (primary N) is 3. The second-order valence-electron chi connectivity index (χ2n) is 2.90. The number of carboxylic acid groups (broad SMARTS) is 1. The van der Waals surface area contributed by atoms with Crippen molar-refractivity contribution in [2.24, 2.45) is 5.92 Å². The zero-order valence-electron chi connectivity index (χ0n) is 8.51. The SMILES string of the molecule is CC(C)C(=O)O.Nc1nc(N)nc(N)n1. The Morgan fingerprint density at radius 3 is 1.40 bits per heavy atom. The van der Waals surface area contributed by atoms with Crippen molar-refractivity contribution >= 4 is 23.8 Å². The van der Waals surface area contributed by atoms with Gasteiger partial charge in [0.15, 0.2) is 0 Å². The third kappa shape index (κ3) is 6.02. The van der Waals surface area contributed by atoms with Gasteiger partial charge in [0.05, 0.1) is 5.92 Å². The molecule has 0 aliphatic carbocycles. The van der Waals surface area contributed by atoms with Gasteiger partial charge < -0.3 is 22.3 Å². The topological polar surface area (TPSA) is 154 Å². The van der Waals surface area contributed by atoms with Gasteiger partial charge in [-0.25, -0.2) is 0 Å². The summed E-state index contributed by atoms with van der Waals surface area (Å²) < 4.78 is 0. The van der Waals surface area contributed by atoms with Gasteiger partial charge in [-0.3, -0.25) is 4.79 Å². The molecule has 8 nitrogen and oxygen atoms in total. The highest BCUT2D eigenvalue weighted by molar-refractivity contribution is 5.68. The van der Waals surface area contributed by atoms with Crippen LogP contribution in [0, 0.1) is 5.92 Å². The minimum atomic E-state index is -0.741. The van der Waals surface area contributed by atoms with Crippen molar-refractivity contribution in [3.05, 3.63) is 0 Å². The molecule has 0 amide bonds. The summed E-state index contributed by atoms with van der Waals surface area (Å²) >= 11 is 0. The fraction of sp³-hybridized carbons (Fsp3) is 0.429. The van der Waals surface area contributed by atoms with E-state index >= 15 is 0 Å². The first-order valence-corrected chi connectivity index (χ1v) is 4.08. The molecule has 0 radical (unpaired) electrons. The molecule has 8 heteroatoms. The summed E-state index contributed by atoms with van der Waals surface area (Å²) in [7, 11) is 0. The first-order chi connectivity index (χ1) is 6.82. The molecule has 0 aliphatic heterocycles. The summed E-state index contributed by atoms with van der Waals surface area (Å²) in [6.07, 6.45) is 0. The molecule has 0 fully saturated rings. The van der Waals surface area contributed by atoms with Crippen molar-refractivity contribution in [3.63, 3.8) is 0 Å². The van der Waals surface area contributed by atoms with Gasteiger partial charge in [0, 0.05) is 0 Å². The molecule has 1 aromatic rings. The van der Waals surface area contributed by atoms with Crippen LogP contribution in [-0.2, 0) is 4.79 Å². The lowest BCUT2D eigenvalue weighted by Crippen LogP contribution is -2.05. The Balaban J connectivity index is 0.000000288. The van der Waals surface area contributed by atoms with E-state index in [1.807, 2.05) is 0 Å². The third-order valence-electron chi connectivity index (χ3n) is 1.18. The molecule has 0 saturated heterocycles. The molecule has 1 heterocycles. The molecule has 7 N–H and O–H groups in total. The van der Waals surface area contributed by atoms with Crippen LogP contribution < -0.4 is 17.2 Å². The smallest absolute Gasteiger partial charge is 0.305 e. The lowest BCUT2D eigenvalue weighted by Gasteiger charge is -1.93.